The maximum atomic E-state index is 13.3. The molecule has 37 heavy (non-hydrogen) atoms. The van der Waals surface area contributed by atoms with Crippen molar-refractivity contribution < 1.29 is 9.59 Å². The third kappa shape index (κ3) is 6.98. The Labute approximate surface area is 218 Å². The van der Waals surface area contributed by atoms with E-state index in [1.807, 2.05) is 49.5 Å². The number of rotatable bonds is 11. The lowest BCUT2D eigenvalue weighted by molar-refractivity contribution is -0.119. The number of benzene rings is 2. The Balaban J connectivity index is 1.43. The van der Waals surface area contributed by atoms with Gasteiger partial charge in [-0.2, -0.15) is 5.10 Å². The summed E-state index contributed by atoms with van der Waals surface area (Å²) in [5, 5.41) is 10.7. The van der Waals surface area contributed by atoms with Gasteiger partial charge in [0.1, 0.15) is 11.9 Å². The Morgan fingerprint density at radius 1 is 0.919 bits per heavy atom. The Hall–Kier alpha value is -4.10. The molecule has 2 aromatic heterocycles. The number of anilines is 1. The first-order valence-electron chi connectivity index (χ1n) is 12.6. The largest absolute Gasteiger partial charge is 0.309 e. The van der Waals surface area contributed by atoms with Crippen molar-refractivity contribution in [3.05, 3.63) is 102 Å². The van der Waals surface area contributed by atoms with E-state index in [1.165, 1.54) is 11.1 Å². The molecule has 2 atom stereocenters. The highest BCUT2D eigenvalue weighted by atomic mass is 16.2. The zero-order chi connectivity index (χ0) is 26.2. The van der Waals surface area contributed by atoms with Crippen LogP contribution in [0.4, 0.5) is 5.82 Å². The normalized spacial score (nSPS) is 12.6. The number of pyridine rings is 1. The van der Waals surface area contributed by atoms with E-state index >= 15 is 0 Å². The summed E-state index contributed by atoms with van der Waals surface area (Å²) in [5.74, 6) is 0.663. The number of hydrogen-bond acceptors (Lipinski definition) is 5. The van der Waals surface area contributed by atoms with Crippen LogP contribution in [0.1, 0.15) is 48.9 Å². The molecule has 7 nitrogen and oxygen atoms in total. The zero-order valence-electron chi connectivity index (χ0n) is 21.5. The van der Waals surface area contributed by atoms with Crippen molar-refractivity contribution in [1.82, 2.24) is 20.1 Å². The van der Waals surface area contributed by atoms with Gasteiger partial charge in [0.15, 0.2) is 5.78 Å². The highest BCUT2D eigenvalue weighted by Crippen LogP contribution is 2.22. The summed E-state index contributed by atoms with van der Waals surface area (Å²) >= 11 is 0. The Bertz CT molecular complexity index is 1310. The van der Waals surface area contributed by atoms with Gasteiger partial charge in [0, 0.05) is 36.5 Å². The number of carbonyl (C=O) groups is 2. The number of aryl methyl sites for hydroxylation is 1. The van der Waals surface area contributed by atoms with Crippen LogP contribution in [-0.4, -0.2) is 33.0 Å². The van der Waals surface area contributed by atoms with E-state index < -0.39 is 6.04 Å². The fraction of sp³-hybridized carbons (Fsp3) is 0.267. The van der Waals surface area contributed by atoms with Crippen LogP contribution in [0.15, 0.2) is 85.3 Å². The van der Waals surface area contributed by atoms with E-state index in [-0.39, 0.29) is 24.2 Å². The fourth-order valence-electron chi connectivity index (χ4n) is 4.04. The number of Topliss-reactive ketones (excluding diaryl/α,β-unsaturated/α-hetero) is 1. The second-order valence-corrected chi connectivity index (χ2v) is 9.30. The van der Waals surface area contributed by atoms with Crippen LogP contribution in [0.25, 0.3) is 11.1 Å². The molecule has 0 saturated heterocycles. The molecule has 190 valence electrons. The van der Waals surface area contributed by atoms with Crippen LogP contribution in [0.5, 0.6) is 0 Å². The number of ketones is 1. The molecule has 0 unspecified atom stereocenters. The summed E-state index contributed by atoms with van der Waals surface area (Å²) in [7, 11) is 0. The monoisotopic (exact) mass is 495 g/mol. The predicted octanol–water partition coefficient (Wildman–Crippen LogP) is 5.31. The van der Waals surface area contributed by atoms with Crippen molar-refractivity contribution >= 4 is 17.5 Å². The number of carbonyl (C=O) groups excluding carboxylic acids is 2. The third-order valence-electron chi connectivity index (χ3n) is 6.38. The van der Waals surface area contributed by atoms with Gasteiger partial charge < -0.3 is 10.6 Å². The van der Waals surface area contributed by atoms with Crippen LogP contribution in [-0.2, 0) is 16.1 Å². The van der Waals surface area contributed by atoms with Gasteiger partial charge in [-0.25, -0.2) is 4.98 Å². The molecule has 1 amide bonds. The van der Waals surface area contributed by atoms with Crippen LogP contribution in [0, 0.1) is 6.92 Å². The van der Waals surface area contributed by atoms with E-state index in [2.05, 4.69) is 58.8 Å². The highest BCUT2D eigenvalue weighted by molar-refractivity contribution is 5.95. The Morgan fingerprint density at radius 2 is 1.68 bits per heavy atom. The van der Waals surface area contributed by atoms with E-state index in [4.69, 9.17) is 0 Å². The van der Waals surface area contributed by atoms with Gasteiger partial charge in [0.05, 0.1) is 12.7 Å². The van der Waals surface area contributed by atoms with E-state index in [0.29, 0.717) is 18.8 Å². The lowest BCUT2D eigenvalue weighted by Crippen LogP contribution is -2.35. The number of aromatic nitrogens is 3. The first-order valence-corrected chi connectivity index (χ1v) is 12.6. The van der Waals surface area contributed by atoms with E-state index in [0.717, 1.165) is 16.7 Å². The van der Waals surface area contributed by atoms with Gasteiger partial charge in [0.25, 0.3) is 0 Å². The molecule has 0 fully saturated rings. The van der Waals surface area contributed by atoms with Crippen molar-refractivity contribution in [2.75, 3.05) is 11.9 Å². The quantitative estimate of drug-likeness (QED) is 0.295. The summed E-state index contributed by atoms with van der Waals surface area (Å²) in [4.78, 5) is 29.5. The van der Waals surface area contributed by atoms with Crippen molar-refractivity contribution in [2.45, 2.75) is 45.7 Å². The summed E-state index contributed by atoms with van der Waals surface area (Å²) in [6.07, 6.45) is 5.72. The molecule has 4 rings (SSSR count). The first-order chi connectivity index (χ1) is 17.9. The molecule has 0 aliphatic heterocycles. The number of hydrogen-bond donors (Lipinski definition) is 2. The van der Waals surface area contributed by atoms with Gasteiger partial charge in [0.2, 0.25) is 5.91 Å². The second kappa shape index (κ2) is 12.2. The number of nitrogens with one attached hydrogen (secondary N) is 2. The van der Waals surface area contributed by atoms with Gasteiger partial charge in [-0.1, -0.05) is 74.0 Å². The zero-order valence-corrected chi connectivity index (χ0v) is 21.5. The molecular weight excluding hydrogens is 462 g/mol. The molecule has 0 aliphatic carbocycles. The SMILES string of the molecule is CCC(=O)Cn1cc(-c2ccc(NC(=O)[C@H](NC[C@@H](C)c3ccc(C)cc3)c3ccccc3)nc2)cn1. The van der Waals surface area contributed by atoms with Crippen LogP contribution < -0.4 is 10.6 Å². The van der Waals surface area contributed by atoms with Crippen molar-refractivity contribution in [1.29, 1.82) is 0 Å². The van der Waals surface area contributed by atoms with E-state index in [9.17, 15) is 9.59 Å². The van der Waals surface area contributed by atoms with Crippen LogP contribution >= 0.6 is 0 Å². The summed E-state index contributed by atoms with van der Waals surface area (Å²) in [5.41, 5.74) is 5.07. The van der Waals surface area contributed by atoms with Crippen LogP contribution in [0.3, 0.4) is 0 Å². The minimum atomic E-state index is -0.523. The smallest absolute Gasteiger partial charge is 0.247 e. The predicted molar refractivity (Wildman–Crippen MR) is 146 cm³/mol. The van der Waals surface area contributed by atoms with Gasteiger partial charge in [-0.3, -0.25) is 14.3 Å². The van der Waals surface area contributed by atoms with E-state index in [1.54, 1.807) is 23.1 Å². The lowest BCUT2D eigenvalue weighted by atomic mass is 9.98. The Morgan fingerprint density at radius 3 is 2.35 bits per heavy atom. The maximum Gasteiger partial charge on any atom is 0.247 e. The maximum absolute atomic E-state index is 13.3. The lowest BCUT2D eigenvalue weighted by Gasteiger charge is -2.21. The molecule has 2 N–H and O–H groups in total. The minimum Gasteiger partial charge on any atom is -0.309 e. The molecule has 0 bridgehead atoms. The third-order valence-corrected chi connectivity index (χ3v) is 6.38. The fourth-order valence-corrected chi connectivity index (χ4v) is 4.04. The number of nitrogens with zero attached hydrogens (tertiary/aromatic N) is 3. The standard InChI is InChI=1S/C30H33N5O2/c1-4-27(36)20-35-19-26(18-33-35)25-14-15-28(31-17-25)34-30(37)29(24-8-6-5-7-9-24)32-16-22(3)23-12-10-21(2)11-13-23/h5-15,17-19,22,29,32H,4,16,20H2,1-3H3,(H,31,34,37)/t22-,29-/m1/s1. The molecule has 0 saturated carbocycles. The van der Waals surface area contributed by atoms with Crippen molar-refractivity contribution in [3.63, 3.8) is 0 Å². The number of amides is 1. The van der Waals surface area contributed by atoms with Crippen molar-refractivity contribution in [2.24, 2.45) is 0 Å². The molecule has 2 heterocycles. The molecule has 0 radical (unpaired) electrons. The second-order valence-electron chi connectivity index (χ2n) is 9.30. The summed E-state index contributed by atoms with van der Waals surface area (Å²) < 4.78 is 1.63. The van der Waals surface area contributed by atoms with Gasteiger partial charge >= 0.3 is 0 Å². The molecular formula is C30H33N5O2. The molecule has 4 aromatic rings. The highest BCUT2D eigenvalue weighted by Gasteiger charge is 2.22. The summed E-state index contributed by atoms with van der Waals surface area (Å²) in [6, 6.07) is 21.3. The van der Waals surface area contributed by atoms with Gasteiger partial charge in [-0.05, 0) is 36.1 Å². The Kier molecular flexibility index (Phi) is 8.59. The average Bonchev–Trinajstić information content (AvgIpc) is 3.38. The molecule has 0 spiro atoms. The van der Waals surface area contributed by atoms with Gasteiger partial charge in [-0.15, -0.1) is 0 Å². The molecule has 7 heteroatoms. The molecule has 0 aliphatic rings. The summed E-state index contributed by atoms with van der Waals surface area (Å²) in [6.45, 7) is 6.97. The average molecular weight is 496 g/mol. The topological polar surface area (TPSA) is 88.9 Å². The molecule has 2 aromatic carbocycles. The minimum absolute atomic E-state index is 0.126. The van der Waals surface area contributed by atoms with Crippen LogP contribution in [0.2, 0.25) is 0 Å². The van der Waals surface area contributed by atoms with Crippen molar-refractivity contribution in [3.8, 4) is 11.1 Å². The first kappa shape index (κ1) is 26.0.